The van der Waals surface area contributed by atoms with Crippen LogP contribution in [0.4, 0.5) is 0 Å². The molecular formula is C7H15Cl2N2O3P. The van der Waals surface area contributed by atoms with Crippen molar-refractivity contribution in [1.82, 2.24) is 9.76 Å². The molecule has 1 fully saturated rings. The zero-order valence-corrected chi connectivity index (χ0v) is 10.6. The zero-order chi connectivity index (χ0) is 11.3. The Kier molecular flexibility index (Phi) is 5.85. The molecule has 0 aromatic carbocycles. The van der Waals surface area contributed by atoms with Crippen molar-refractivity contribution >= 4 is 30.9 Å². The summed E-state index contributed by atoms with van der Waals surface area (Å²) in [6.45, 7) is 1.22. The van der Waals surface area contributed by atoms with Crippen molar-refractivity contribution in [3.05, 3.63) is 0 Å². The van der Waals surface area contributed by atoms with Crippen molar-refractivity contribution < 1.29 is 14.2 Å². The molecule has 0 saturated carbocycles. The standard InChI is InChI=1S/C7H15Cl2N2O3P/c8-1-3-11(4-2-9)15(13)10-5-7(12)6-14-15/h7,12H,1-6H2,(H,10,13). The topological polar surface area (TPSA) is 61.8 Å². The van der Waals surface area contributed by atoms with Crippen molar-refractivity contribution in [3.63, 3.8) is 0 Å². The number of alkyl halides is 2. The highest BCUT2D eigenvalue weighted by Crippen LogP contribution is 2.48. The number of halogens is 2. The van der Waals surface area contributed by atoms with Gasteiger partial charge in [0.15, 0.2) is 0 Å². The van der Waals surface area contributed by atoms with Crippen molar-refractivity contribution in [1.29, 1.82) is 0 Å². The summed E-state index contributed by atoms with van der Waals surface area (Å²) in [5, 5.41) is 11.9. The third kappa shape index (κ3) is 3.86. The minimum atomic E-state index is -3.04. The van der Waals surface area contributed by atoms with E-state index < -0.39 is 13.8 Å². The molecule has 1 aliphatic rings. The summed E-state index contributed by atoms with van der Waals surface area (Å²) in [5.74, 6) is 0.711. The van der Waals surface area contributed by atoms with Gasteiger partial charge in [0.2, 0.25) is 0 Å². The van der Waals surface area contributed by atoms with E-state index in [1.807, 2.05) is 0 Å². The van der Waals surface area contributed by atoms with Gasteiger partial charge in [-0.2, -0.15) is 0 Å². The summed E-state index contributed by atoms with van der Waals surface area (Å²) >= 11 is 11.2. The summed E-state index contributed by atoms with van der Waals surface area (Å²) in [6, 6.07) is 0. The molecule has 0 amide bonds. The van der Waals surface area contributed by atoms with Gasteiger partial charge in [-0.15, -0.1) is 23.2 Å². The van der Waals surface area contributed by atoms with E-state index in [9.17, 15) is 9.67 Å². The normalized spacial score (nSPS) is 32.1. The summed E-state index contributed by atoms with van der Waals surface area (Å²) in [7, 11) is -3.04. The van der Waals surface area contributed by atoms with E-state index in [-0.39, 0.29) is 13.2 Å². The molecule has 1 heterocycles. The van der Waals surface area contributed by atoms with Crippen LogP contribution in [0.2, 0.25) is 0 Å². The summed E-state index contributed by atoms with van der Waals surface area (Å²) < 4.78 is 19.0. The Morgan fingerprint density at radius 2 is 2.07 bits per heavy atom. The van der Waals surface area contributed by atoms with Crippen LogP contribution in [-0.4, -0.2) is 53.9 Å². The van der Waals surface area contributed by atoms with E-state index in [1.54, 1.807) is 4.67 Å². The predicted octanol–water partition coefficient (Wildman–Crippen LogP) is 0.855. The predicted molar refractivity (Wildman–Crippen MR) is 60.6 cm³/mol. The van der Waals surface area contributed by atoms with Crippen molar-refractivity contribution in [2.24, 2.45) is 0 Å². The Bertz CT molecular complexity index is 226. The molecule has 0 aromatic heterocycles. The zero-order valence-electron chi connectivity index (χ0n) is 8.23. The number of aliphatic hydroxyl groups is 1. The number of β-amino-alcohol motifs (C(OH)–C–C–N with tert-alkyl or cyclic N) is 1. The number of nitrogens with zero attached hydrogens (tertiary/aromatic N) is 1. The van der Waals surface area contributed by atoms with Crippen LogP contribution >= 0.6 is 30.9 Å². The summed E-state index contributed by atoms with van der Waals surface area (Å²) in [4.78, 5) is 0. The van der Waals surface area contributed by atoms with E-state index in [0.29, 0.717) is 24.8 Å². The molecule has 0 aliphatic carbocycles. The maximum Gasteiger partial charge on any atom is 0.343 e. The van der Waals surface area contributed by atoms with Gasteiger partial charge in [0.1, 0.15) is 0 Å². The molecule has 2 N–H and O–H groups in total. The monoisotopic (exact) mass is 276 g/mol. The summed E-state index contributed by atoms with van der Waals surface area (Å²) in [5.41, 5.74) is 0. The van der Waals surface area contributed by atoms with Crippen molar-refractivity contribution in [2.75, 3.05) is 38.0 Å². The van der Waals surface area contributed by atoms with E-state index in [1.165, 1.54) is 0 Å². The van der Waals surface area contributed by atoms with Crippen LogP contribution in [0.3, 0.4) is 0 Å². The number of aliphatic hydroxyl groups excluding tert-OH is 1. The molecule has 0 spiro atoms. The average Bonchev–Trinajstić information content (AvgIpc) is 2.23. The second-order valence-electron chi connectivity index (χ2n) is 3.16. The Hall–Kier alpha value is 0.650. The molecule has 1 aliphatic heterocycles. The van der Waals surface area contributed by atoms with Gasteiger partial charge in [-0.3, -0.25) is 4.57 Å². The molecule has 8 heteroatoms. The van der Waals surface area contributed by atoms with Gasteiger partial charge in [0.25, 0.3) is 0 Å². The van der Waals surface area contributed by atoms with Crippen molar-refractivity contribution in [2.45, 2.75) is 6.10 Å². The fourth-order valence-corrected chi connectivity index (χ4v) is 3.90. The molecule has 0 radical (unpaired) electrons. The molecule has 5 nitrogen and oxygen atoms in total. The first-order valence-electron chi connectivity index (χ1n) is 4.67. The maximum atomic E-state index is 12.2. The Morgan fingerprint density at radius 1 is 1.47 bits per heavy atom. The van der Waals surface area contributed by atoms with E-state index in [2.05, 4.69) is 5.09 Å². The van der Waals surface area contributed by atoms with Gasteiger partial charge in [-0.1, -0.05) is 0 Å². The minimum absolute atomic E-state index is 0.0748. The van der Waals surface area contributed by atoms with Crippen LogP contribution in [0.15, 0.2) is 0 Å². The fraction of sp³-hybridized carbons (Fsp3) is 1.00. The third-order valence-corrected chi connectivity index (χ3v) is 4.59. The number of nitrogens with one attached hydrogen (secondary N) is 1. The lowest BCUT2D eigenvalue weighted by atomic mass is 10.4. The molecular weight excluding hydrogens is 262 g/mol. The first-order valence-corrected chi connectivity index (χ1v) is 7.32. The molecule has 0 bridgehead atoms. The Labute approximate surface area is 99.2 Å². The van der Waals surface area contributed by atoms with Gasteiger partial charge < -0.3 is 9.63 Å². The first-order chi connectivity index (χ1) is 7.12. The van der Waals surface area contributed by atoms with E-state index in [4.69, 9.17) is 27.7 Å². The van der Waals surface area contributed by atoms with Crippen LogP contribution in [-0.2, 0) is 9.09 Å². The SMILES string of the molecule is O=P1(N(CCCl)CCCl)NCC(O)CO1. The van der Waals surface area contributed by atoms with Crippen LogP contribution in [0.1, 0.15) is 0 Å². The van der Waals surface area contributed by atoms with Crippen LogP contribution in [0, 0.1) is 0 Å². The van der Waals surface area contributed by atoms with Crippen LogP contribution < -0.4 is 5.09 Å². The second-order valence-corrected chi connectivity index (χ2v) is 6.10. The van der Waals surface area contributed by atoms with Gasteiger partial charge in [-0.05, 0) is 0 Å². The largest absolute Gasteiger partial charge is 0.389 e. The number of hydrogen-bond acceptors (Lipinski definition) is 3. The third-order valence-electron chi connectivity index (χ3n) is 2.03. The van der Waals surface area contributed by atoms with Crippen LogP contribution in [0.25, 0.3) is 0 Å². The summed E-state index contributed by atoms with van der Waals surface area (Å²) in [6.07, 6.45) is -0.610. The quantitative estimate of drug-likeness (QED) is 0.576. The Morgan fingerprint density at radius 3 is 2.47 bits per heavy atom. The molecule has 2 atom stereocenters. The number of rotatable bonds is 5. The minimum Gasteiger partial charge on any atom is -0.389 e. The number of hydrogen-bond donors (Lipinski definition) is 2. The first kappa shape index (κ1) is 13.7. The van der Waals surface area contributed by atoms with E-state index in [0.717, 1.165) is 0 Å². The highest BCUT2D eigenvalue weighted by Gasteiger charge is 2.35. The molecule has 0 aromatic rings. The lowest BCUT2D eigenvalue weighted by Gasteiger charge is -2.34. The van der Waals surface area contributed by atoms with Gasteiger partial charge >= 0.3 is 7.67 Å². The highest BCUT2D eigenvalue weighted by atomic mass is 35.5. The highest BCUT2D eigenvalue weighted by molar-refractivity contribution is 7.54. The lowest BCUT2D eigenvalue weighted by Crippen LogP contribution is -2.41. The Balaban J connectivity index is 2.60. The molecule has 2 unspecified atom stereocenters. The smallest absolute Gasteiger partial charge is 0.343 e. The van der Waals surface area contributed by atoms with Gasteiger partial charge in [0, 0.05) is 31.4 Å². The molecule has 15 heavy (non-hydrogen) atoms. The average molecular weight is 277 g/mol. The molecule has 90 valence electrons. The molecule has 1 saturated heterocycles. The van der Waals surface area contributed by atoms with Crippen molar-refractivity contribution in [3.8, 4) is 0 Å². The van der Waals surface area contributed by atoms with Gasteiger partial charge in [-0.25, -0.2) is 9.76 Å². The maximum absolute atomic E-state index is 12.2. The van der Waals surface area contributed by atoms with E-state index >= 15 is 0 Å². The second kappa shape index (κ2) is 6.40. The van der Waals surface area contributed by atoms with Crippen LogP contribution in [0.5, 0.6) is 0 Å². The van der Waals surface area contributed by atoms with Gasteiger partial charge in [0.05, 0.1) is 12.7 Å². The fourth-order valence-electron chi connectivity index (χ4n) is 1.26. The molecule has 1 rings (SSSR count). The lowest BCUT2D eigenvalue weighted by molar-refractivity contribution is 0.0830.